The summed E-state index contributed by atoms with van der Waals surface area (Å²) in [6.07, 6.45) is 1.45. The van der Waals surface area contributed by atoms with Crippen LogP contribution in [0.2, 0.25) is 0 Å². The molecule has 6 heteroatoms. The van der Waals surface area contributed by atoms with Gasteiger partial charge < -0.3 is 10.2 Å². The number of carbonyl (C=O) groups is 1. The van der Waals surface area contributed by atoms with Gasteiger partial charge in [-0.05, 0) is 41.7 Å². The molecule has 5 nitrogen and oxygen atoms in total. The normalized spacial score (nSPS) is 15.1. The summed E-state index contributed by atoms with van der Waals surface area (Å²) in [7, 11) is 0. The minimum atomic E-state index is 0.0663. The van der Waals surface area contributed by atoms with Gasteiger partial charge in [0.05, 0.1) is 4.70 Å². The van der Waals surface area contributed by atoms with E-state index < -0.39 is 0 Å². The van der Waals surface area contributed by atoms with Crippen molar-refractivity contribution in [1.82, 2.24) is 9.27 Å². The molecule has 0 unspecified atom stereocenters. The van der Waals surface area contributed by atoms with Gasteiger partial charge in [-0.1, -0.05) is 37.3 Å². The Bertz CT molecular complexity index is 946. The maximum Gasteiger partial charge on any atom is 0.224 e. The van der Waals surface area contributed by atoms with Crippen LogP contribution in [0.5, 0.6) is 0 Å². The largest absolute Gasteiger partial charge is 0.353 e. The fourth-order valence-electron chi connectivity index (χ4n) is 3.66. The molecule has 2 heterocycles. The van der Waals surface area contributed by atoms with Gasteiger partial charge in [-0.2, -0.15) is 4.37 Å². The first kappa shape index (κ1) is 18.9. The molecule has 146 valence electrons. The van der Waals surface area contributed by atoms with E-state index in [4.69, 9.17) is 4.37 Å². The third-order valence-electron chi connectivity index (χ3n) is 5.34. The Kier molecular flexibility index (Phi) is 5.88. The highest BCUT2D eigenvalue weighted by Gasteiger charge is 2.20. The summed E-state index contributed by atoms with van der Waals surface area (Å²) in [6.45, 7) is 6.96. The molecule has 0 aliphatic carbocycles. The number of hydrogen-bond donors (Lipinski definition) is 1. The Morgan fingerprint density at radius 1 is 1.07 bits per heavy atom. The number of benzene rings is 2. The molecule has 1 fully saturated rings. The molecular formula is C22H26N4OS. The number of rotatable bonds is 6. The van der Waals surface area contributed by atoms with Crippen molar-refractivity contribution < 1.29 is 4.79 Å². The van der Waals surface area contributed by atoms with Crippen LogP contribution in [0.3, 0.4) is 0 Å². The van der Waals surface area contributed by atoms with Crippen molar-refractivity contribution in [2.75, 3.05) is 42.9 Å². The van der Waals surface area contributed by atoms with Crippen LogP contribution in [0, 0.1) is 0 Å². The standard InChI is InChI=1S/C22H26N4OS/c1-2-21(27)23-19-9-5-3-7-17(19)11-12-25-13-15-26(16-14-25)22-18-8-4-6-10-20(18)28-24-22/h3-10H,2,11-16H2,1H3,(H,23,27). The molecule has 1 aliphatic rings. The number of hydrogen-bond acceptors (Lipinski definition) is 5. The van der Waals surface area contributed by atoms with Gasteiger partial charge in [0.25, 0.3) is 0 Å². The molecule has 0 saturated carbocycles. The Hall–Kier alpha value is -2.44. The van der Waals surface area contributed by atoms with Crippen molar-refractivity contribution in [3.05, 3.63) is 54.1 Å². The molecule has 0 atom stereocenters. The van der Waals surface area contributed by atoms with E-state index in [0.29, 0.717) is 6.42 Å². The molecule has 1 amide bonds. The van der Waals surface area contributed by atoms with E-state index in [1.807, 2.05) is 25.1 Å². The van der Waals surface area contributed by atoms with E-state index in [2.05, 4.69) is 45.4 Å². The maximum atomic E-state index is 11.7. The van der Waals surface area contributed by atoms with Crippen molar-refractivity contribution in [2.45, 2.75) is 19.8 Å². The average Bonchev–Trinajstić information content (AvgIpc) is 3.17. The lowest BCUT2D eigenvalue weighted by atomic mass is 10.1. The number of aromatic nitrogens is 1. The molecule has 3 aromatic rings. The zero-order valence-corrected chi connectivity index (χ0v) is 17.0. The first-order valence-electron chi connectivity index (χ1n) is 9.94. The highest BCUT2D eigenvalue weighted by atomic mass is 32.1. The zero-order chi connectivity index (χ0) is 19.3. The Labute approximate surface area is 170 Å². The van der Waals surface area contributed by atoms with Crippen molar-refractivity contribution in [2.24, 2.45) is 0 Å². The van der Waals surface area contributed by atoms with Gasteiger partial charge in [0.15, 0.2) is 0 Å². The van der Waals surface area contributed by atoms with Gasteiger partial charge >= 0.3 is 0 Å². The van der Waals surface area contributed by atoms with Gasteiger partial charge in [0.2, 0.25) is 5.91 Å². The number of piperazine rings is 1. The molecule has 0 radical (unpaired) electrons. The summed E-state index contributed by atoms with van der Waals surface area (Å²) >= 11 is 1.58. The van der Waals surface area contributed by atoms with Crippen molar-refractivity contribution in [3.8, 4) is 0 Å². The van der Waals surface area contributed by atoms with Gasteiger partial charge in [0.1, 0.15) is 5.82 Å². The number of para-hydroxylation sites is 1. The lowest BCUT2D eigenvalue weighted by Crippen LogP contribution is -2.47. The SMILES string of the molecule is CCC(=O)Nc1ccccc1CCN1CCN(c2nsc3ccccc23)CC1. The van der Waals surface area contributed by atoms with Gasteiger partial charge in [0, 0.05) is 50.2 Å². The highest BCUT2D eigenvalue weighted by molar-refractivity contribution is 7.13. The first-order valence-corrected chi connectivity index (χ1v) is 10.7. The number of amides is 1. The molecule has 0 bridgehead atoms. The molecule has 0 spiro atoms. The van der Waals surface area contributed by atoms with Crippen LogP contribution in [-0.4, -0.2) is 47.9 Å². The van der Waals surface area contributed by atoms with Crippen molar-refractivity contribution >= 4 is 39.0 Å². The van der Waals surface area contributed by atoms with Crippen molar-refractivity contribution in [3.63, 3.8) is 0 Å². The predicted octanol–water partition coefficient (Wildman–Crippen LogP) is 4.01. The van der Waals surface area contributed by atoms with Crippen LogP contribution in [0.15, 0.2) is 48.5 Å². The van der Waals surface area contributed by atoms with E-state index in [0.717, 1.165) is 50.6 Å². The second-order valence-electron chi connectivity index (χ2n) is 7.14. The smallest absolute Gasteiger partial charge is 0.224 e. The van der Waals surface area contributed by atoms with Gasteiger partial charge in [-0.15, -0.1) is 0 Å². The number of fused-ring (bicyclic) bond motifs is 1. The Morgan fingerprint density at radius 3 is 2.64 bits per heavy atom. The van der Waals surface area contributed by atoms with Crippen LogP contribution in [0.4, 0.5) is 11.5 Å². The fourth-order valence-corrected chi connectivity index (χ4v) is 4.46. The van der Waals surface area contributed by atoms with Crippen LogP contribution in [0.1, 0.15) is 18.9 Å². The van der Waals surface area contributed by atoms with E-state index in [-0.39, 0.29) is 5.91 Å². The second-order valence-corrected chi connectivity index (χ2v) is 7.94. The summed E-state index contributed by atoms with van der Waals surface area (Å²) in [6, 6.07) is 16.6. The molecule has 28 heavy (non-hydrogen) atoms. The Morgan fingerprint density at radius 2 is 1.82 bits per heavy atom. The van der Waals surface area contributed by atoms with E-state index >= 15 is 0 Å². The molecular weight excluding hydrogens is 368 g/mol. The van der Waals surface area contributed by atoms with Crippen LogP contribution < -0.4 is 10.2 Å². The second kappa shape index (κ2) is 8.71. The predicted molar refractivity (Wildman–Crippen MR) is 117 cm³/mol. The summed E-state index contributed by atoms with van der Waals surface area (Å²) in [5, 5.41) is 4.28. The number of anilines is 2. The topological polar surface area (TPSA) is 48.5 Å². The lowest BCUT2D eigenvalue weighted by Gasteiger charge is -2.35. The summed E-state index contributed by atoms with van der Waals surface area (Å²) in [4.78, 5) is 16.7. The molecule has 1 N–H and O–H groups in total. The molecule has 4 rings (SSSR count). The maximum absolute atomic E-state index is 11.7. The summed E-state index contributed by atoms with van der Waals surface area (Å²) in [5.74, 6) is 1.20. The number of carbonyl (C=O) groups excluding carboxylic acids is 1. The third-order valence-corrected chi connectivity index (χ3v) is 6.16. The molecule has 1 saturated heterocycles. The molecule has 1 aromatic heterocycles. The first-order chi connectivity index (χ1) is 13.7. The molecule has 2 aromatic carbocycles. The number of nitrogens with one attached hydrogen (secondary N) is 1. The Balaban J connectivity index is 1.34. The minimum absolute atomic E-state index is 0.0663. The summed E-state index contributed by atoms with van der Waals surface area (Å²) in [5.41, 5.74) is 2.15. The summed E-state index contributed by atoms with van der Waals surface area (Å²) < 4.78 is 5.95. The fraction of sp³-hybridized carbons (Fsp3) is 0.364. The van der Waals surface area contributed by atoms with E-state index in [1.54, 1.807) is 11.5 Å². The number of nitrogens with zero attached hydrogens (tertiary/aromatic N) is 3. The molecule has 1 aliphatic heterocycles. The van der Waals surface area contributed by atoms with Gasteiger partial charge in [-0.25, -0.2) is 0 Å². The van der Waals surface area contributed by atoms with E-state index in [9.17, 15) is 4.79 Å². The van der Waals surface area contributed by atoms with Crippen LogP contribution >= 0.6 is 11.5 Å². The van der Waals surface area contributed by atoms with Gasteiger partial charge in [-0.3, -0.25) is 9.69 Å². The lowest BCUT2D eigenvalue weighted by molar-refractivity contribution is -0.115. The minimum Gasteiger partial charge on any atom is -0.353 e. The van der Waals surface area contributed by atoms with E-state index in [1.165, 1.54) is 15.6 Å². The van der Waals surface area contributed by atoms with Crippen LogP contribution in [0.25, 0.3) is 10.1 Å². The monoisotopic (exact) mass is 394 g/mol. The quantitative estimate of drug-likeness (QED) is 0.686. The van der Waals surface area contributed by atoms with Crippen molar-refractivity contribution in [1.29, 1.82) is 0 Å². The highest BCUT2D eigenvalue weighted by Crippen LogP contribution is 2.29. The zero-order valence-electron chi connectivity index (χ0n) is 16.2. The third kappa shape index (κ3) is 4.18. The average molecular weight is 395 g/mol. The van der Waals surface area contributed by atoms with Crippen LogP contribution in [-0.2, 0) is 11.2 Å².